The number of nitrogens with one attached hydrogen (secondary N) is 1. The second-order valence-corrected chi connectivity index (χ2v) is 4.87. The smallest absolute Gasteiger partial charge is 0.255 e. The maximum Gasteiger partial charge on any atom is 0.255 e. The van der Waals surface area contributed by atoms with Crippen LogP contribution in [-0.2, 0) is 11.3 Å². The maximum atomic E-state index is 13.0. The minimum absolute atomic E-state index is 0.209. The molecule has 0 unspecified atom stereocenters. The number of carbonyl (C=O) groups excluding carboxylic acids is 1. The molecule has 1 N–H and O–H groups in total. The third-order valence-electron chi connectivity index (χ3n) is 2.64. The maximum absolute atomic E-state index is 13.0. The molecule has 20 heavy (non-hydrogen) atoms. The third kappa shape index (κ3) is 3.40. The highest BCUT2D eigenvalue weighted by Gasteiger charge is 2.12. The first-order valence-corrected chi connectivity index (χ1v) is 6.60. The van der Waals surface area contributed by atoms with Crippen molar-refractivity contribution in [2.45, 2.75) is 6.61 Å². The van der Waals surface area contributed by atoms with E-state index < -0.39 is 11.9 Å². The molecule has 0 bridgehead atoms. The Labute approximate surface area is 124 Å². The quantitative estimate of drug-likeness (QED) is 0.869. The minimum Gasteiger partial charge on any atom is -0.380 e. The van der Waals surface area contributed by atoms with Crippen LogP contribution in [0.25, 0.3) is 0 Å². The summed E-state index contributed by atoms with van der Waals surface area (Å²) in [7, 11) is 1.57. The lowest BCUT2D eigenvalue weighted by molar-refractivity contribution is 0.102. The van der Waals surface area contributed by atoms with Gasteiger partial charge < -0.3 is 10.1 Å². The van der Waals surface area contributed by atoms with Crippen molar-refractivity contribution in [3.63, 3.8) is 0 Å². The molecule has 0 radical (unpaired) electrons. The topological polar surface area (TPSA) is 51.2 Å². The van der Waals surface area contributed by atoms with Crippen LogP contribution >= 0.6 is 15.9 Å². The van der Waals surface area contributed by atoms with E-state index in [1.807, 2.05) is 6.07 Å². The van der Waals surface area contributed by atoms with Gasteiger partial charge in [-0.2, -0.15) is 4.39 Å². The molecule has 0 saturated heterocycles. The Morgan fingerprint density at radius 2 is 2.25 bits per heavy atom. The number of carbonyl (C=O) groups is 1. The van der Waals surface area contributed by atoms with Gasteiger partial charge in [0.05, 0.1) is 6.61 Å². The van der Waals surface area contributed by atoms with Crippen molar-refractivity contribution in [1.29, 1.82) is 0 Å². The number of hydrogen-bond donors (Lipinski definition) is 1. The number of amides is 1. The summed E-state index contributed by atoms with van der Waals surface area (Å²) in [4.78, 5) is 15.5. The molecule has 1 aromatic carbocycles. The van der Waals surface area contributed by atoms with Gasteiger partial charge in [0.1, 0.15) is 0 Å². The second-order valence-electron chi connectivity index (χ2n) is 4.02. The van der Waals surface area contributed by atoms with Crippen LogP contribution < -0.4 is 5.32 Å². The third-order valence-corrected chi connectivity index (χ3v) is 3.39. The first-order chi connectivity index (χ1) is 9.61. The molecule has 4 nitrogen and oxygen atoms in total. The van der Waals surface area contributed by atoms with Crippen LogP contribution in [0.15, 0.2) is 41.0 Å². The summed E-state index contributed by atoms with van der Waals surface area (Å²) < 4.78 is 18.9. The second kappa shape index (κ2) is 6.58. The Morgan fingerprint density at radius 3 is 2.95 bits per heavy atom. The van der Waals surface area contributed by atoms with Crippen LogP contribution in [-0.4, -0.2) is 18.0 Å². The number of hydrogen-bond acceptors (Lipinski definition) is 3. The molecule has 0 aliphatic heterocycles. The number of benzene rings is 1. The molecule has 1 amide bonds. The van der Waals surface area contributed by atoms with Gasteiger partial charge in [0.15, 0.2) is 0 Å². The number of rotatable bonds is 4. The predicted molar refractivity (Wildman–Crippen MR) is 77.0 cm³/mol. The van der Waals surface area contributed by atoms with E-state index in [2.05, 4.69) is 26.2 Å². The van der Waals surface area contributed by atoms with Crippen LogP contribution in [0.1, 0.15) is 15.9 Å². The number of nitrogens with zero attached hydrogens (tertiary/aromatic N) is 1. The molecule has 0 saturated carbocycles. The van der Waals surface area contributed by atoms with Gasteiger partial charge in [0.2, 0.25) is 5.95 Å². The molecule has 1 aromatic heterocycles. The zero-order valence-corrected chi connectivity index (χ0v) is 12.3. The molecule has 2 rings (SSSR count). The predicted octanol–water partition coefficient (Wildman–Crippen LogP) is 3.38. The van der Waals surface area contributed by atoms with Gasteiger partial charge in [-0.15, -0.1) is 0 Å². The minimum atomic E-state index is -0.691. The number of halogens is 2. The molecular weight excluding hydrogens is 327 g/mol. The summed E-state index contributed by atoms with van der Waals surface area (Å²) in [6, 6.07) is 7.95. The molecule has 6 heteroatoms. The van der Waals surface area contributed by atoms with Crippen LogP contribution in [0.2, 0.25) is 0 Å². The largest absolute Gasteiger partial charge is 0.380 e. The van der Waals surface area contributed by atoms with Crippen molar-refractivity contribution in [2.75, 3.05) is 12.4 Å². The van der Waals surface area contributed by atoms with Crippen molar-refractivity contribution in [1.82, 2.24) is 4.98 Å². The summed E-state index contributed by atoms with van der Waals surface area (Å²) in [6.45, 7) is 0.349. The van der Waals surface area contributed by atoms with Crippen LogP contribution in [0, 0.1) is 5.95 Å². The van der Waals surface area contributed by atoms with E-state index in [0.717, 1.165) is 16.1 Å². The zero-order valence-electron chi connectivity index (χ0n) is 10.7. The Balaban J connectivity index is 2.26. The first kappa shape index (κ1) is 14.6. The number of ether oxygens (including phenoxy) is 1. The van der Waals surface area contributed by atoms with Crippen molar-refractivity contribution in [3.05, 3.63) is 58.1 Å². The Hall–Kier alpha value is -1.79. The fourth-order valence-corrected chi connectivity index (χ4v) is 2.19. The van der Waals surface area contributed by atoms with E-state index in [1.165, 1.54) is 12.3 Å². The SMILES string of the molecule is COCc1c(Br)cccc1NC(=O)c1ccnc(F)c1. The fraction of sp³-hybridized carbons (Fsp3) is 0.143. The molecule has 0 atom stereocenters. The summed E-state index contributed by atoms with van der Waals surface area (Å²) in [5.41, 5.74) is 1.64. The van der Waals surface area contributed by atoms with E-state index in [9.17, 15) is 9.18 Å². The molecule has 0 fully saturated rings. The normalized spacial score (nSPS) is 10.3. The van der Waals surface area contributed by atoms with Crippen molar-refractivity contribution >= 4 is 27.5 Å². The van der Waals surface area contributed by atoms with Gasteiger partial charge >= 0.3 is 0 Å². The van der Waals surface area contributed by atoms with Crippen molar-refractivity contribution in [2.24, 2.45) is 0 Å². The van der Waals surface area contributed by atoms with Gasteiger partial charge in [-0.3, -0.25) is 4.79 Å². The molecule has 104 valence electrons. The molecule has 0 spiro atoms. The Morgan fingerprint density at radius 1 is 1.45 bits per heavy atom. The van der Waals surface area contributed by atoms with Crippen molar-refractivity contribution in [3.8, 4) is 0 Å². The highest BCUT2D eigenvalue weighted by molar-refractivity contribution is 9.10. The van der Waals surface area contributed by atoms with Gasteiger partial charge in [-0.1, -0.05) is 22.0 Å². The lowest BCUT2D eigenvalue weighted by atomic mass is 10.1. The standard InChI is InChI=1S/C14H12BrFN2O2/c1-20-8-10-11(15)3-2-4-12(10)18-14(19)9-5-6-17-13(16)7-9/h2-7H,8H2,1H3,(H,18,19). The summed E-state index contributed by atoms with van der Waals surface area (Å²) in [6.07, 6.45) is 1.25. The monoisotopic (exact) mass is 338 g/mol. The van der Waals surface area contributed by atoms with Gasteiger partial charge in [-0.05, 0) is 18.2 Å². The number of pyridine rings is 1. The highest BCUT2D eigenvalue weighted by Crippen LogP contribution is 2.26. The molecule has 0 aliphatic rings. The number of anilines is 1. The van der Waals surface area contributed by atoms with E-state index in [-0.39, 0.29) is 5.56 Å². The van der Waals surface area contributed by atoms with E-state index >= 15 is 0 Å². The van der Waals surface area contributed by atoms with Crippen LogP contribution in [0.5, 0.6) is 0 Å². The Bertz CT molecular complexity index is 634. The summed E-state index contributed by atoms with van der Waals surface area (Å²) >= 11 is 3.40. The van der Waals surface area contributed by atoms with Crippen LogP contribution in [0.4, 0.5) is 10.1 Å². The average molecular weight is 339 g/mol. The fourth-order valence-electron chi connectivity index (χ4n) is 1.70. The average Bonchev–Trinajstić information content (AvgIpc) is 2.42. The van der Waals surface area contributed by atoms with Crippen molar-refractivity contribution < 1.29 is 13.9 Å². The van der Waals surface area contributed by atoms with Gasteiger partial charge in [0.25, 0.3) is 5.91 Å². The lowest BCUT2D eigenvalue weighted by Gasteiger charge is -2.12. The Kier molecular flexibility index (Phi) is 4.81. The highest BCUT2D eigenvalue weighted by atomic mass is 79.9. The lowest BCUT2D eigenvalue weighted by Crippen LogP contribution is -2.14. The van der Waals surface area contributed by atoms with E-state index in [4.69, 9.17) is 4.74 Å². The van der Waals surface area contributed by atoms with Crippen LogP contribution in [0.3, 0.4) is 0 Å². The number of methoxy groups -OCH3 is 1. The molecule has 1 heterocycles. The summed E-state index contributed by atoms with van der Waals surface area (Å²) in [5, 5.41) is 2.74. The molecule has 2 aromatic rings. The zero-order chi connectivity index (χ0) is 14.5. The van der Waals surface area contributed by atoms with Gasteiger partial charge in [0, 0.05) is 40.7 Å². The molecule has 0 aliphatic carbocycles. The first-order valence-electron chi connectivity index (χ1n) is 5.81. The van der Waals surface area contributed by atoms with E-state index in [0.29, 0.717) is 12.3 Å². The van der Waals surface area contributed by atoms with E-state index in [1.54, 1.807) is 19.2 Å². The van der Waals surface area contributed by atoms with Gasteiger partial charge in [-0.25, -0.2) is 4.98 Å². The molecular formula is C14H12BrFN2O2. The number of aromatic nitrogens is 1. The summed E-state index contributed by atoms with van der Waals surface area (Å²) in [5.74, 6) is -1.09.